The maximum atomic E-state index is 10.0. The van der Waals surface area contributed by atoms with Crippen molar-refractivity contribution < 1.29 is 29.9 Å². The SMILES string of the molecule is Cc1ccc(C(C)C)c(O[C@H]2O[C@H](CO)[C@@H](O)[C@H](O)[C@H]2O)c1. The van der Waals surface area contributed by atoms with E-state index in [1.165, 1.54) is 0 Å². The number of rotatable bonds is 4. The van der Waals surface area contributed by atoms with Crippen LogP contribution in [0.2, 0.25) is 0 Å². The van der Waals surface area contributed by atoms with Gasteiger partial charge in [-0.05, 0) is 30.0 Å². The summed E-state index contributed by atoms with van der Waals surface area (Å²) in [6.07, 6.45) is -6.37. The van der Waals surface area contributed by atoms with E-state index in [4.69, 9.17) is 9.47 Å². The molecule has 1 saturated heterocycles. The standard InChI is InChI=1S/C16H24O6/c1-8(2)10-5-4-9(3)6-11(10)21-16-15(20)14(19)13(18)12(7-17)22-16/h4-6,8,12-20H,7H2,1-3H3/t12-,13-,14+,15-,16+/m1/s1. The third-order valence-electron chi connectivity index (χ3n) is 3.88. The van der Waals surface area contributed by atoms with Crippen LogP contribution in [0.4, 0.5) is 0 Å². The predicted octanol–water partition coefficient (Wildman–Crippen LogP) is 0.297. The zero-order chi connectivity index (χ0) is 16.4. The molecule has 6 nitrogen and oxygen atoms in total. The van der Waals surface area contributed by atoms with Gasteiger partial charge in [0.25, 0.3) is 0 Å². The Balaban J connectivity index is 2.24. The normalized spacial score (nSPS) is 32.3. The molecule has 1 aromatic carbocycles. The summed E-state index contributed by atoms with van der Waals surface area (Å²) in [4.78, 5) is 0. The van der Waals surface area contributed by atoms with Gasteiger partial charge in [-0.25, -0.2) is 0 Å². The van der Waals surface area contributed by atoms with Crippen LogP contribution in [0.1, 0.15) is 30.9 Å². The molecule has 0 amide bonds. The minimum atomic E-state index is -1.44. The van der Waals surface area contributed by atoms with Gasteiger partial charge in [0.1, 0.15) is 30.2 Å². The van der Waals surface area contributed by atoms with Crippen LogP contribution in [0.5, 0.6) is 5.75 Å². The van der Waals surface area contributed by atoms with Crippen molar-refractivity contribution in [2.45, 2.75) is 57.4 Å². The Kier molecular flexibility index (Phi) is 5.41. The van der Waals surface area contributed by atoms with Crippen molar-refractivity contribution in [3.8, 4) is 5.75 Å². The first kappa shape index (κ1) is 17.2. The largest absolute Gasteiger partial charge is 0.462 e. The maximum absolute atomic E-state index is 10.0. The number of aliphatic hydroxyl groups excluding tert-OH is 4. The topological polar surface area (TPSA) is 99.4 Å². The van der Waals surface area contributed by atoms with Gasteiger partial charge in [0.05, 0.1) is 6.61 Å². The predicted molar refractivity (Wildman–Crippen MR) is 79.7 cm³/mol. The van der Waals surface area contributed by atoms with Crippen molar-refractivity contribution in [3.05, 3.63) is 29.3 Å². The van der Waals surface area contributed by atoms with Gasteiger partial charge in [0.2, 0.25) is 6.29 Å². The lowest BCUT2D eigenvalue weighted by atomic mass is 9.98. The summed E-state index contributed by atoms with van der Waals surface area (Å²) in [7, 11) is 0. The summed E-state index contributed by atoms with van der Waals surface area (Å²) in [6.45, 7) is 5.48. The molecule has 22 heavy (non-hydrogen) atoms. The molecule has 6 heteroatoms. The summed E-state index contributed by atoms with van der Waals surface area (Å²) in [5, 5.41) is 38.8. The molecular formula is C16H24O6. The highest BCUT2D eigenvalue weighted by molar-refractivity contribution is 5.39. The van der Waals surface area contributed by atoms with Gasteiger partial charge < -0.3 is 29.9 Å². The number of ether oxygens (including phenoxy) is 2. The Morgan fingerprint density at radius 3 is 2.41 bits per heavy atom. The highest BCUT2D eigenvalue weighted by atomic mass is 16.7. The van der Waals surface area contributed by atoms with Crippen molar-refractivity contribution in [3.63, 3.8) is 0 Å². The molecule has 1 fully saturated rings. The average molecular weight is 312 g/mol. The minimum absolute atomic E-state index is 0.209. The minimum Gasteiger partial charge on any atom is -0.462 e. The molecular weight excluding hydrogens is 288 g/mol. The molecule has 0 radical (unpaired) electrons. The number of benzene rings is 1. The van der Waals surface area contributed by atoms with E-state index in [9.17, 15) is 20.4 Å². The molecule has 0 bridgehead atoms. The smallest absolute Gasteiger partial charge is 0.229 e. The number of aliphatic hydroxyl groups is 4. The highest BCUT2D eigenvalue weighted by Gasteiger charge is 2.44. The molecule has 0 saturated carbocycles. The van der Waals surface area contributed by atoms with Crippen LogP contribution in [0.3, 0.4) is 0 Å². The molecule has 124 valence electrons. The van der Waals surface area contributed by atoms with E-state index < -0.39 is 37.3 Å². The Hall–Kier alpha value is -1.18. The lowest BCUT2D eigenvalue weighted by molar-refractivity contribution is -0.277. The molecule has 1 aliphatic rings. The molecule has 1 aliphatic heterocycles. The fraction of sp³-hybridized carbons (Fsp3) is 0.625. The fourth-order valence-corrected chi connectivity index (χ4v) is 2.51. The van der Waals surface area contributed by atoms with Crippen molar-refractivity contribution in [2.75, 3.05) is 6.61 Å². The molecule has 0 aliphatic carbocycles. The Morgan fingerprint density at radius 1 is 1.14 bits per heavy atom. The van der Waals surface area contributed by atoms with Crippen LogP contribution in [-0.4, -0.2) is 57.7 Å². The summed E-state index contributed by atoms with van der Waals surface area (Å²) in [5.41, 5.74) is 1.94. The van der Waals surface area contributed by atoms with E-state index in [0.29, 0.717) is 5.75 Å². The molecule has 2 rings (SSSR count). The Bertz CT molecular complexity index is 501. The van der Waals surface area contributed by atoms with E-state index >= 15 is 0 Å². The average Bonchev–Trinajstić information content (AvgIpc) is 2.47. The van der Waals surface area contributed by atoms with Gasteiger partial charge in [-0.1, -0.05) is 26.0 Å². The molecule has 4 N–H and O–H groups in total. The highest BCUT2D eigenvalue weighted by Crippen LogP contribution is 2.31. The quantitative estimate of drug-likeness (QED) is 0.638. The first-order valence-corrected chi connectivity index (χ1v) is 7.43. The van der Waals surface area contributed by atoms with Crippen LogP contribution in [0.15, 0.2) is 18.2 Å². The molecule has 0 unspecified atom stereocenters. The van der Waals surface area contributed by atoms with Crippen molar-refractivity contribution in [1.29, 1.82) is 0 Å². The summed E-state index contributed by atoms with van der Waals surface area (Å²) >= 11 is 0. The van der Waals surface area contributed by atoms with Crippen LogP contribution >= 0.6 is 0 Å². The monoisotopic (exact) mass is 312 g/mol. The fourth-order valence-electron chi connectivity index (χ4n) is 2.51. The molecule has 1 aromatic rings. The summed E-state index contributed by atoms with van der Waals surface area (Å²) < 4.78 is 11.1. The van der Waals surface area contributed by atoms with Gasteiger partial charge in [0.15, 0.2) is 0 Å². The van der Waals surface area contributed by atoms with Crippen LogP contribution in [0.25, 0.3) is 0 Å². The van der Waals surface area contributed by atoms with Gasteiger partial charge in [-0.3, -0.25) is 0 Å². The van der Waals surface area contributed by atoms with E-state index in [2.05, 4.69) is 0 Å². The first-order valence-electron chi connectivity index (χ1n) is 7.43. The molecule has 5 atom stereocenters. The summed E-state index contributed by atoms with van der Waals surface area (Å²) in [5.74, 6) is 0.764. The van der Waals surface area contributed by atoms with Crippen LogP contribution in [0, 0.1) is 6.92 Å². The lowest BCUT2D eigenvalue weighted by Crippen LogP contribution is -2.60. The van der Waals surface area contributed by atoms with E-state index in [-0.39, 0.29) is 5.92 Å². The Labute approximate surface area is 129 Å². The van der Waals surface area contributed by atoms with Crippen LogP contribution in [-0.2, 0) is 4.74 Å². The lowest BCUT2D eigenvalue weighted by Gasteiger charge is -2.39. The zero-order valence-electron chi connectivity index (χ0n) is 13.0. The van der Waals surface area contributed by atoms with E-state index in [1.807, 2.05) is 39.0 Å². The first-order chi connectivity index (χ1) is 10.3. The second-order valence-corrected chi connectivity index (χ2v) is 6.01. The maximum Gasteiger partial charge on any atom is 0.229 e. The van der Waals surface area contributed by atoms with Crippen molar-refractivity contribution in [1.82, 2.24) is 0 Å². The van der Waals surface area contributed by atoms with E-state index in [0.717, 1.165) is 11.1 Å². The van der Waals surface area contributed by atoms with Crippen molar-refractivity contribution >= 4 is 0 Å². The molecule has 0 spiro atoms. The van der Waals surface area contributed by atoms with Crippen LogP contribution < -0.4 is 4.74 Å². The second kappa shape index (κ2) is 6.93. The van der Waals surface area contributed by atoms with E-state index in [1.54, 1.807) is 0 Å². The number of aryl methyl sites for hydroxylation is 1. The third kappa shape index (κ3) is 3.42. The number of hydrogen-bond donors (Lipinski definition) is 4. The number of hydrogen-bond acceptors (Lipinski definition) is 6. The summed E-state index contributed by atoms with van der Waals surface area (Å²) in [6, 6.07) is 5.74. The van der Waals surface area contributed by atoms with Gasteiger partial charge in [-0.2, -0.15) is 0 Å². The zero-order valence-corrected chi connectivity index (χ0v) is 13.0. The second-order valence-electron chi connectivity index (χ2n) is 6.01. The van der Waals surface area contributed by atoms with Gasteiger partial charge in [-0.15, -0.1) is 0 Å². The van der Waals surface area contributed by atoms with Gasteiger partial charge >= 0.3 is 0 Å². The van der Waals surface area contributed by atoms with Gasteiger partial charge in [0, 0.05) is 0 Å². The third-order valence-corrected chi connectivity index (χ3v) is 3.88. The Morgan fingerprint density at radius 2 is 1.82 bits per heavy atom. The van der Waals surface area contributed by atoms with Crippen molar-refractivity contribution in [2.24, 2.45) is 0 Å². The molecule has 0 aromatic heterocycles. The molecule has 1 heterocycles.